The van der Waals surface area contributed by atoms with Crippen LogP contribution in [-0.2, 0) is 22.3 Å². The van der Waals surface area contributed by atoms with Gasteiger partial charge in [0, 0.05) is 44.2 Å². The van der Waals surface area contributed by atoms with Gasteiger partial charge in [-0.15, -0.1) is 0 Å². The molecule has 0 amide bonds. The third-order valence-electron chi connectivity index (χ3n) is 5.30. The zero-order chi connectivity index (χ0) is 20.4. The van der Waals surface area contributed by atoms with Crippen molar-refractivity contribution in [3.63, 3.8) is 0 Å². The molecule has 0 spiro atoms. The molecule has 2 heterocycles. The summed E-state index contributed by atoms with van der Waals surface area (Å²) in [5.74, 6) is 0.0254. The average Bonchev–Trinajstić information content (AvgIpc) is 2.68. The van der Waals surface area contributed by atoms with E-state index < -0.39 is 10.0 Å². The maximum Gasteiger partial charge on any atom is 0.336 e. The van der Waals surface area contributed by atoms with Crippen molar-refractivity contribution in [1.82, 2.24) is 9.21 Å². The molecule has 4 rings (SSSR count). The van der Waals surface area contributed by atoms with E-state index in [1.807, 2.05) is 55.5 Å². The third kappa shape index (κ3) is 4.58. The molecule has 6 nitrogen and oxygen atoms in total. The quantitative estimate of drug-likeness (QED) is 0.603. The van der Waals surface area contributed by atoms with E-state index in [-0.39, 0.29) is 11.4 Å². The molecule has 3 aromatic rings. The Bertz CT molecular complexity index is 1160. The van der Waals surface area contributed by atoms with Crippen LogP contribution in [0.1, 0.15) is 16.7 Å². The molecule has 0 aliphatic carbocycles. The third-order valence-corrected chi connectivity index (χ3v) is 7.15. The lowest BCUT2D eigenvalue weighted by molar-refractivity contribution is 0.182. The lowest BCUT2D eigenvalue weighted by Crippen LogP contribution is -2.48. The van der Waals surface area contributed by atoms with Gasteiger partial charge in [0.15, 0.2) is 0 Å². The highest BCUT2D eigenvalue weighted by molar-refractivity contribution is 7.88. The summed E-state index contributed by atoms with van der Waals surface area (Å²) in [7, 11) is -3.34. The first kappa shape index (κ1) is 19.8. The predicted octanol–water partition coefficient (Wildman–Crippen LogP) is 2.75. The van der Waals surface area contributed by atoms with Crippen molar-refractivity contribution < 1.29 is 12.8 Å². The van der Waals surface area contributed by atoms with Gasteiger partial charge in [0.2, 0.25) is 10.0 Å². The van der Waals surface area contributed by atoms with Crippen molar-refractivity contribution in [1.29, 1.82) is 0 Å². The summed E-state index contributed by atoms with van der Waals surface area (Å²) >= 11 is 0. The van der Waals surface area contributed by atoms with Crippen molar-refractivity contribution >= 4 is 21.0 Å². The zero-order valence-corrected chi connectivity index (χ0v) is 17.2. The summed E-state index contributed by atoms with van der Waals surface area (Å²) in [5.41, 5.74) is 2.98. The maximum atomic E-state index is 12.7. The molecule has 1 aromatic heterocycles. The molecule has 1 aliphatic rings. The molecular weight excluding hydrogens is 388 g/mol. The van der Waals surface area contributed by atoms with Gasteiger partial charge in [-0.1, -0.05) is 42.5 Å². The van der Waals surface area contributed by atoms with Crippen molar-refractivity contribution in [3.05, 3.63) is 81.7 Å². The van der Waals surface area contributed by atoms with Crippen LogP contribution in [-0.4, -0.2) is 43.8 Å². The van der Waals surface area contributed by atoms with Gasteiger partial charge >= 0.3 is 5.63 Å². The summed E-state index contributed by atoms with van der Waals surface area (Å²) in [5, 5.41) is 0.925. The molecule has 7 heteroatoms. The molecule has 29 heavy (non-hydrogen) atoms. The lowest BCUT2D eigenvalue weighted by Gasteiger charge is -2.34. The topological polar surface area (TPSA) is 70.8 Å². The van der Waals surface area contributed by atoms with Gasteiger partial charge in [0.05, 0.1) is 5.75 Å². The van der Waals surface area contributed by atoms with E-state index in [0.29, 0.717) is 38.3 Å². The van der Waals surface area contributed by atoms with Crippen molar-refractivity contribution in [2.45, 2.75) is 19.2 Å². The average molecular weight is 413 g/mol. The Morgan fingerprint density at radius 2 is 1.69 bits per heavy atom. The Morgan fingerprint density at radius 3 is 2.41 bits per heavy atom. The van der Waals surface area contributed by atoms with Crippen LogP contribution in [0.15, 0.2) is 63.8 Å². The number of piperazine rings is 1. The molecule has 0 bridgehead atoms. The minimum absolute atomic E-state index is 0.0254. The molecule has 1 saturated heterocycles. The van der Waals surface area contributed by atoms with Crippen LogP contribution in [0, 0.1) is 6.92 Å². The Labute approximate surface area is 170 Å². The van der Waals surface area contributed by atoms with Gasteiger partial charge in [0.25, 0.3) is 0 Å². The number of hydrogen-bond acceptors (Lipinski definition) is 5. The molecule has 1 aliphatic heterocycles. The fourth-order valence-electron chi connectivity index (χ4n) is 3.75. The summed E-state index contributed by atoms with van der Waals surface area (Å²) < 4.78 is 32.3. The molecule has 0 atom stereocenters. The van der Waals surface area contributed by atoms with Crippen LogP contribution in [0.2, 0.25) is 0 Å². The Morgan fingerprint density at radius 1 is 0.966 bits per heavy atom. The number of hydrogen-bond donors (Lipinski definition) is 0. The first-order chi connectivity index (χ1) is 13.9. The first-order valence-electron chi connectivity index (χ1n) is 9.68. The number of sulfonamides is 1. The van der Waals surface area contributed by atoms with Crippen LogP contribution >= 0.6 is 0 Å². The molecule has 0 N–H and O–H groups in total. The van der Waals surface area contributed by atoms with Gasteiger partial charge in [0.1, 0.15) is 5.58 Å². The van der Waals surface area contributed by atoms with Crippen LogP contribution in [0.5, 0.6) is 0 Å². The second-order valence-corrected chi connectivity index (χ2v) is 9.48. The van der Waals surface area contributed by atoms with Crippen molar-refractivity contribution in [2.24, 2.45) is 0 Å². The molecule has 0 radical (unpaired) electrons. The molecule has 0 saturated carbocycles. The minimum atomic E-state index is -3.34. The zero-order valence-electron chi connectivity index (χ0n) is 16.4. The number of nitrogens with zero attached hydrogens (tertiary/aromatic N) is 2. The highest BCUT2D eigenvalue weighted by Crippen LogP contribution is 2.21. The van der Waals surface area contributed by atoms with Gasteiger partial charge in [-0.2, -0.15) is 4.31 Å². The minimum Gasteiger partial charge on any atom is -0.423 e. The number of benzene rings is 2. The lowest BCUT2D eigenvalue weighted by atomic mass is 10.1. The number of fused-ring (bicyclic) bond motifs is 1. The van der Waals surface area contributed by atoms with Crippen LogP contribution < -0.4 is 5.63 Å². The summed E-state index contributed by atoms with van der Waals surface area (Å²) in [4.78, 5) is 14.1. The molecule has 1 fully saturated rings. The standard InChI is InChI=1S/C22H24N2O4S/c1-17-7-8-20-19(14-22(25)28-21(20)13-17)15-23-9-11-24(12-10-23)29(26,27)16-18-5-3-2-4-6-18/h2-8,13-14H,9-12,15-16H2,1H3. The number of rotatable bonds is 5. The molecule has 0 unspecified atom stereocenters. The smallest absolute Gasteiger partial charge is 0.336 e. The van der Waals surface area contributed by atoms with E-state index in [0.717, 1.165) is 22.1 Å². The van der Waals surface area contributed by atoms with E-state index in [1.165, 1.54) is 6.07 Å². The highest BCUT2D eigenvalue weighted by atomic mass is 32.2. The highest BCUT2D eigenvalue weighted by Gasteiger charge is 2.27. The summed E-state index contributed by atoms with van der Waals surface area (Å²) in [6.07, 6.45) is 0. The summed E-state index contributed by atoms with van der Waals surface area (Å²) in [6, 6.07) is 16.6. The van der Waals surface area contributed by atoms with Gasteiger partial charge in [-0.25, -0.2) is 13.2 Å². The Hall–Kier alpha value is -2.48. The monoisotopic (exact) mass is 412 g/mol. The van der Waals surface area contributed by atoms with E-state index in [4.69, 9.17) is 4.42 Å². The Balaban J connectivity index is 1.44. The van der Waals surface area contributed by atoms with E-state index >= 15 is 0 Å². The maximum absolute atomic E-state index is 12.7. The SMILES string of the molecule is Cc1ccc2c(CN3CCN(S(=O)(=O)Cc4ccccc4)CC3)cc(=O)oc2c1. The number of aryl methyl sites for hydroxylation is 1. The van der Waals surface area contributed by atoms with Crippen molar-refractivity contribution in [3.8, 4) is 0 Å². The van der Waals surface area contributed by atoms with Crippen LogP contribution in [0.3, 0.4) is 0 Å². The molecular formula is C22H24N2O4S. The van der Waals surface area contributed by atoms with E-state index in [2.05, 4.69) is 4.90 Å². The second-order valence-electron chi connectivity index (χ2n) is 7.51. The fourth-order valence-corrected chi connectivity index (χ4v) is 5.27. The molecule has 2 aromatic carbocycles. The summed E-state index contributed by atoms with van der Waals surface area (Å²) in [6.45, 7) is 4.71. The first-order valence-corrected chi connectivity index (χ1v) is 11.3. The normalized spacial score (nSPS) is 16.3. The predicted molar refractivity (Wildman–Crippen MR) is 113 cm³/mol. The van der Waals surface area contributed by atoms with Crippen LogP contribution in [0.25, 0.3) is 11.0 Å². The second kappa shape index (κ2) is 8.10. The fraction of sp³-hybridized carbons (Fsp3) is 0.318. The van der Waals surface area contributed by atoms with Gasteiger partial charge in [-0.05, 0) is 29.7 Å². The molecule has 152 valence electrons. The largest absolute Gasteiger partial charge is 0.423 e. The van der Waals surface area contributed by atoms with E-state index in [1.54, 1.807) is 4.31 Å². The van der Waals surface area contributed by atoms with Crippen molar-refractivity contribution in [2.75, 3.05) is 26.2 Å². The van der Waals surface area contributed by atoms with Crippen LogP contribution in [0.4, 0.5) is 0 Å². The van der Waals surface area contributed by atoms with Gasteiger partial charge in [-0.3, -0.25) is 4.90 Å². The van der Waals surface area contributed by atoms with Gasteiger partial charge < -0.3 is 4.42 Å². The Kier molecular flexibility index (Phi) is 5.54. The van der Waals surface area contributed by atoms with E-state index in [9.17, 15) is 13.2 Å².